The first-order chi connectivity index (χ1) is 30.5. The number of nitrogens with one attached hydrogen (secondary N) is 3. The van der Waals surface area contributed by atoms with E-state index in [1.807, 2.05) is 41.3 Å². The van der Waals surface area contributed by atoms with Crippen LogP contribution in [-0.2, 0) is 14.4 Å². The van der Waals surface area contributed by atoms with Crippen molar-refractivity contribution in [3.05, 3.63) is 106 Å². The molecule has 3 fully saturated rings. The first-order valence-corrected chi connectivity index (χ1v) is 21.5. The maximum atomic E-state index is 13.9. The van der Waals surface area contributed by atoms with Crippen LogP contribution in [0.15, 0.2) is 82.9 Å². The van der Waals surface area contributed by atoms with E-state index in [-0.39, 0.29) is 46.7 Å². The molecule has 1 aromatic heterocycles. The molecule has 3 aromatic carbocycles. The van der Waals surface area contributed by atoms with E-state index in [0.717, 1.165) is 36.6 Å². The number of likely N-dealkylation sites (tertiary alicyclic amines) is 1. The largest absolute Gasteiger partial charge is 0.457 e. The summed E-state index contributed by atoms with van der Waals surface area (Å²) in [6.45, 7) is 8.63. The predicted octanol–water partition coefficient (Wildman–Crippen LogP) is 4.98. The number of benzene rings is 3. The van der Waals surface area contributed by atoms with Crippen LogP contribution in [0.2, 0.25) is 5.02 Å². The van der Waals surface area contributed by atoms with Crippen molar-refractivity contribution >= 4 is 71.0 Å². The summed E-state index contributed by atoms with van der Waals surface area (Å²) in [6.07, 6.45) is 4.33. The molecular formula is C46H48ClN9O7. The van der Waals surface area contributed by atoms with Gasteiger partial charge in [-0.15, -0.1) is 0 Å². The van der Waals surface area contributed by atoms with E-state index in [1.165, 1.54) is 0 Å². The van der Waals surface area contributed by atoms with Crippen molar-refractivity contribution in [1.29, 1.82) is 0 Å². The number of carbonyl (C=O) groups excluding carboxylic acids is 6. The Hall–Kier alpha value is -6.65. The summed E-state index contributed by atoms with van der Waals surface area (Å²) in [5.74, 6) is -0.231. The minimum Gasteiger partial charge on any atom is -0.457 e. The molecule has 1 unspecified atom stereocenters. The number of amidine groups is 1. The normalized spacial score (nSPS) is 18.7. The van der Waals surface area contributed by atoms with Gasteiger partial charge in [0.25, 0.3) is 11.8 Å². The van der Waals surface area contributed by atoms with Gasteiger partial charge in [0.1, 0.15) is 29.2 Å². The van der Waals surface area contributed by atoms with Crippen LogP contribution in [0.1, 0.15) is 80.7 Å². The number of nitrogens with zero attached hydrogens (tertiary/aromatic N) is 6. The van der Waals surface area contributed by atoms with E-state index < -0.39 is 29.7 Å². The third kappa shape index (κ3) is 9.13. The van der Waals surface area contributed by atoms with Crippen molar-refractivity contribution in [2.45, 2.75) is 50.6 Å². The van der Waals surface area contributed by atoms with Gasteiger partial charge in [-0.3, -0.25) is 48.9 Å². The van der Waals surface area contributed by atoms with Gasteiger partial charge >= 0.3 is 0 Å². The molecule has 5 amide bonds. The fourth-order valence-electron chi connectivity index (χ4n) is 8.68. The topological polar surface area (TPSA) is 189 Å². The maximum Gasteiger partial charge on any atom is 0.262 e. The molecule has 17 heteroatoms. The van der Waals surface area contributed by atoms with E-state index >= 15 is 0 Å². The van der Waals surface area contributed by atoms with Gasteiger partial charge in [0, 0.05) is 88.7 Å². The standard InChI is InChI=1S/C46H48ClN9O7/c1-48-42-40(35(27-50-42)41(59)33-13-11-31(26-36(33)47)63-30-7-4-3-5-8-30)43(49-2)51-28-16-19-55(20-17-28)39(58)9-6-18-53-21-23-54(24-22-53)29-10-12-32-34(25-29)46(62)56(45(32)61)37-14-15-38(57)52-44(37)60/h3-5,7-8,10-13,25-28,37,50H,1,6,9,14-24H2,2H3,(H,49,51)(H,52,57,60). The zero-order valence-electron chi connectivity index (χ0n) is 34.9. The number of anilines is 1. The Morgan fingerprint density at radius 3 is 2.32 bits per heavy atom. The fraction of sp³-hybridized carbons (Fsp3) is 0.348. The summed E-state index contributed by atoms with van der Waals surface area (Å²) < 4.78 is 5.89. The molecule has 3 N–H and O–H groups in total. The number of aliphatic imine (C=N–C) groups is 2. The monoisotopic (exact) mass is 873 g/mol. The SMILES string of the molecule is C=Nc1[nH]cc(C(=O)c2ccc(Oc3ccccc3)cc2Cl)c1/C(=N\C)NC1CCN(C(=O)CCCN2CCN(c3ccc4c(c3)C(=O)N(C3CCC(=O)NC3=O)C4=O)CC2)CC1. The van der Waals surface area contributed by atoms with Crippen LogP contribution in [0.25, 0.3) is 0 Å². The van der Waals surface area contributed by atoms with Crippen LogP contribution in [0, 0.1) is 0 Å². The number of halogens is 1. The van der Waals surface area contributed by atoms with Gasteiger partial charge in [0.15, 0.2) is 5.78 Å². The van der Waals surface area contributed by atoms with Crippen LogP contribution in [0.4, 0.5) is 11.5 Å². The Labute approximate surface area is 369 Å². The van der Waals surface area contributed by atoms with E-state index in [2.05, 4.69) is 42.1 Å². The molecule has 5 heterocycles. The lowest BCUT2D eigenvalue weighted by molar-refractivity contribution is -0.136. The number of imide groups is 2. The first-order valence-electron chi connectivity index (χ1n) is 21.1. The van der Waals surface area contributed by atoms with Crippen molar-refractivity contribution in [1.82, 2.24) is 30.3 Å². The number of H-pyrrole nitrogens is 1. The molecule has 326 valence electrons. The lowest BCUT2D eigenvalue weighted by Crippen LogP contribution is -2.54. The number of carbonyl (C=O) groups is 6. The van der Waals surface area contributed by atoms with Gasteiger partial charge in [-0.2, -0.15) is 0 Å². The molecule has 16 nitrogen and oxygen atoms in total. The molecule has 0 aliphatic carbocycles. The molecule has 63 heavy (non-hydrogen) atoms. The molecular weight excluding hydrogens is 826 g/mol. The smallest absolute Gasteiger partial charge is 0.262 e. The number of fused-ring (bicyclic) bond motifs is 1. The Kier molecular flexibility index (Phi) is 12.8. The second-order valence-electron chi connectivity index (χ2n) is 16.0. The Balaban J connectivity index is 0.789. The number of ketones is 1. The maximum absolute atomic E-state index is 13.9. The quantitative estimate of drug-likeness (QED) is 0.0715. The highest BCUT2D eigenvalue weighted by atomic mass is 35.5. The van der Waals surface area contributed by atoms with Crippen LogP contribution in [0.3, 0.4) is 0 Å². The highest BCUT2D eigenvalue weighted by Crippen LogP contribution is 2.33. The molecule has 1 atom stereocenters. The number of para-hydroxylation sites is 1. The summed E-state index contributed by atoms with van der Waals surface area (Å²) in [6, 6.07) is 18.4. The lowest BCUT2D eigenvalue weighted by atomic mass is 9.99. The summed E-state index contributed by atoms with van der Waals surface area (Å²) >= 11 is 6.63. The second-order valence-corrected chi connectivity index (χ2v) is 16.4. The summed E-state index contributed by atoms with van der Waals surface area (Å²) in [5.41, 5.74) is 2.49. The highest BCUT2D eigenvalue weighted by Gasteiger charge is 2.45. The van der Waals surface area contributed by atoms with Gasteiger partial charge in [-0.25, -0.2) is 4.99 Å². The molecule has 4 aliphatic rings. The third-order valence-corrected chi connectivity index (χ3v) is 12.4. The number of hydrogen-bond acceptors (Lipinski definition) is 11. The van der Waals surface area contributed by atoms with E-state index in [0.29, 0.717) is 85.3 Å². The van der Waals surface area contributed by atoms with Crippen molar-refractivity contribution < 1.29 is 33.5 Å². The number of rotatable bonds is 13. The minimum absolute atomic E-state index is 0.00567. The van der Waals surface area contributed by atoms with Gasteiger partial charge in [-0.05, 0) is 81.4 Å². The Bertz CT molecular complexity index is 2490. The first kappa shape index (κ1) is 43.0. The molecule has 4 aliphatic heterocycles. The Morgan fingerprint density at radius 2 is 1.62 bits per heavy atom. The predicted molar refractivity (Wildman–Crippen MR) is 238 cm³/mol. The number of amides is 5. The van der Waals surface area contributed by atoms with Crippen LogP contribution < -0.4 is 20.3 Å². The molecule has 3 saturated heterocycles. The summed E-state index contributed by atoms with van der Waals surface area (Å²) in [5, 5.41) is 5.97. The van der Waals surface area contributed by atoms with Crippen molar-refractivity contribution in [2.24, 2.45) is 9.98 Å². The van der Waals surface area contributed by atoms with Crippen molar-refractivity contribution in [2.75, 3.05) is 57.8 Å². The van der Waals surface area contributed by atoms with Crippen LogP contribution in [-0.4, -0.2) is 133 Å². The van der Waals surface area contributed by atoms with Crippen LogP contribution >= 0.6 is 11.6 Å². The average molecular weight is 874 g/mol. The van der Waals surface area contributed by atoms with Gasteiger partial charge < -0.3 is 24.8 Å². The third-order valence-electron chi connectivity index (χ3n) is 12.1. The zero-order valence-corrected chi connectivity index (χ0v) is 35.7. The Morgan fingerprint density at radius 1 is 0.873 bits per heavy atom. The molecule has 0 spiro atoms. The minimum atomic E-state index is -1.00. The number of ether oxygens (including phenoxy) is 1. The van der Waals surface area contributed by atoms with Crippen molar-refractivity contribution in [3.8, 4) is 11.5 Å². The molecule has 4 aromatic rings. The number of aromatic nitrogens is 1. The van der Waals surface area contributed by atoms with E-state index in [9.17, 15) is 28.8 Å². The number of aromatic amines is 1. The molecule has 0 radical (unpaired) electrons. The number of piperazine rings is 1. The second kappa shape index (κ2) is 18.8. The van der Waals surface area contributed by atoms with E-state index in [1.54, 1.807) is 43.6 Å². The van der Waals surface area contributed by atoms with E-state index in [4.69, 9.17) is 16.3 Å². The van der Waals surface area contributed by atoms with Crippen molar-refractivity contribution in [3.63, 3.8) is 0 Å². The summed E-state index contributed by atoms with van der Waals surface area (Å²) in [7, 11) is 1.65. The highest BCUT2D eigenvalue weighted by molar-refractivity contribution is 6.35. The fourth-order valence-corrected chi connectivity index (χ4v) is 8.94. The molecule has 0 saturated carbocycles. The molecule has 8 rings (SSSR count). The van der Waals surface area contributed by atoms with Gasteiger partial charge in [0.05, 0.1) is 27.3 Å². The lowest BCUT2D eigenvalue weighted by Gasteiger charge is -2.36. The number of piperidine rings is 2. The zero-order chi connectivity index (χ0) is 44.2. The van der Waals surface area contributed by atoms with Crippen LogP contribution in [0.5, 0.6) is 11.5 Å². The van der Waals surface area contributed by atoms with Gasteiger partial charge in [-0.1, -0.05) is 29.8 Å². The van der Waals surface area contributed by atoms with Gasteiger partial charge in [0.2, 0.25) is 17.7 Å². The number of hydrogen-bond donors (Lipinski definition) is 3. The average Bonchev–Trinajstić information content (AvgIpc) is 3.83. The summed E-state index contributed by atoms with van der Waals surface area (Å²) in [4.78, 5) is 96.8. The molecule has 0 bridgehead atoms.